The Balaban J connectivity index is 1.96. The normalized spacial score (nSPS) is 22.3. The number of rotatable bonds is 6. The van der Waals surface area contributed by atoms with Crippen molar-refractivity contribution in [2.75, 3.05) is 18.1 Å². The highest BCUT2D eigenvalue weighted by molar-refractivity contribution is 7.99. The summed E-state index contributed by atoms with van der Waals surface area (Å²) in [7, 11) is 0. The van der Waals surface area contributed by atoms with Gasteiger partial charge in [-0.05, 0) is 43.2 Å². The number of esters is 1. The number of nitrogens with zero attached hydrogens (tertiary/aromatic N) is 1. The zero-order valence-electron chi connectivity index (χ0n) is 15.7. The topological polar surface area (TPSA) is 55.7 Å². The van der Waals surface area contributed by atoms with Crippen LogP contribution in [0.15, 0.2) is 40.5 Å². The molecular formula is C21H24FNO3S. The van der Waals surface area contributed by atoms with E-state index >= 15 is 0 Å². The number of thioether (sulfide) groups is 1. The van der Waals surface area contributed by atoms with E-state index in [1.165, 1.54) is 12.1 Å². The van der Waals surface area contributed by atoms with Crippen molar-refractivity contribution < 1.29 is 18.7 Å². The van der Waals surface area contributed by atoms with Gasteiger partial charge in [0.15, 0.2) is 5.78 Å². The molecule has 1 aromatic rings. The van der Waals surface area contributed by atoms with Gasteiger partial charge in [0.05, 0.1) is 0 Å². The van der Waals surface area contributed by atoms with Crippen LogP contribution in [0, 0.1) is 11.7 Å². The van der Waals surface area contributed by atoms with E-state index in [0.29, 0.717) is 24.3 Å². The second-order valence-corrected chi connectivity index (χ2v) is 8.16. The number of Topliss-reactive ketones (excluding diaryl/α,β-unsaturated/α-hetero) is 1. The number of hydrogen-bond acceptors (Lipinski definition) is 5. The number of aliphatic imine (C=N–C) groups is 1. The van der Waals surface area contributed by atoms with Crippen molar-refractivity contribution in [1.82, 2.24) is 0 Å². The number of ether oxygens (including phenoxy) is 1. The van der Waals surface area contributed by atoms with Gasteiger partial charge in [-0.15, -0.1) is 0 Å². The van der Waals surface area contributed by atoms with Gasteiger partial charge in [0.25, 0.3) is 0 Å². The molecule has 0 fully saturated rings. The third kappa shape index (κ3) is 4.32. The fourth-order valence-corrected chi connectivity index (χ4v) is 4.27. The maximum atomic E-state index is 13.4. The molecule has 0 saturated carbocycles. The number of ketones is 1. The highest BCUT2D eigenvalue weighted by Crippen LogP contribution is 2.43. The van der Waals surface area contributed by atoms with Crippen molar-refractivity contribution in [2.24, 2.45) is 10.9 Å². The molecule has 0 radical (unpaired) electrons. The minimum Gasteiger partial charge on any atom is -0.464 e. The minimum absolute atomic E-state index is 0.0289. The summed E-state index contributed by atoms with van der Waals surface area (Å²) in [5.41, 5.74) is 2.77. The molecule has 1 aromatic carbocycles. The Kier molecular flexibility index (Phi) is 6.47. The first-order valence-corrected chi connectivity index (χ1v) is 10.5. The second-order valence-electron chi connectivity index (χ2n) is 6.76. The summed E-state index contributed by atoms with van der Waals surface area (Å²) in [6.45, 7) is 4.20. The van der Waals surface area contributed by atoms with Crippen LogP contribution >= 0.6 is 11.8 Å². The first-order chi connectivity index (χ1) is 13.0. The molecule has 3 rings (SSSR count). The van der Waals surface area contributed by atoms with Crippen LogP contribution in [0.4, 0.5) is 4.39 Å². The Labute approximate surface area is 163 Å². The molecule has 2 aliphatic rings. The maximum Gasteiger partial charge on any atom is 0.315 e. The summed E-state index contributed by atoms with van der Waals surface area (Å²) in [6, 6.07) is 6.03. The van der Waals surface area contributed by atoms with Gasteiger partial charge in [-0.3, -0.25) is 14.6 Å². The van der Waals surface area contributed by atoms with Gasteiger partial charge in [0, 0.05) is 35.1 Å². The van der Waals surface area contributed by atoms with E-state index < -0.39 is 11.8 Å². The van der Waals surface area contributed by atoms with E-state index in [-0.39, 0.29) is 17.6 Å². The Morgan fingerprint density at radius 3 is 2.74 bits per heavy atom. The van der Waals surface area contributed by atoms with Crippen molar-refractivity contribution in [3.05, 3.63) is 46.9 Å². The Morgan fingerprint density at radius 2 is 2.04 bits per heavy atom. The first kappa shape index (κ1) is 19.8. The molecule has 0 amide bonds. The number of halogens is 1. The van der Waals surface area contributed by atoms with Gasteiger partial charge >= 0.3 is 5.97 Å². The van der Waals surface area contributed by atoms with Crippen LogP contribution in [-0.4, -0.2) is 35.6 Å². The largest absolute Gasteiger partial charge is 0.464 e. The molecular weight excluding hydrogens is 365 g/mol. The van der Waals surface area contributed by atoms with E-state index in [9.17, 15) is 14.0 Å². The zero-order valence-corrected chi connectivity index (χ0v) is 16.5. The van der Waals surface area contributed by atoms with Crippen LogP contribution in [0.3, 0.4) is 0 Å². The lowest BCUT2D eigenvalue weighted by Crippen LogP contribution is -2.37. The molecule has 6 heteroatoms. The predicted molar refractivity (Wildman–Crippen MR) is 106 cm³/mol. The molecule has 0 saturated heterocycles. The molecule has 1 aliphatic carbocycles. The standard InChI is InChI=1S/C21H24FNO3S/c1-3-27-12-11-26-21(25)18-13(2)23-16-5-4-6-17(24)20(16)19(18)14-7-9-15(22)10-8-14/h7-10,18-19H,3-6,11-12H2,1-2H3/t18?,19-/m1/s1. The van der Waals surface area contributed by atoms with Crippen molar-refractivity contribution in [2.45, 2.75) is 39.0 Å². The van der Waals surface area contributed by atoms with Crippen LogP contribution in [0.1, 0.15) is 44.6 Å². The summed E-state index contributed by atoms with van der Waals surface area (Å²) in [6.07, 6.45) is 1.96. The SMILES string of the molecule is CCSCCOC(=O)C1C(C)=NC2=C(C(=O)CCC2)[C@@H]1c1ccc(F)cc1. The van der Waals surface area contributed by atoms with E-state index in [0.717, 1.165) is 35.6 Å². The van der Waals surface area contributed by atoms with Crippen LogP contribution in [-0.2, 0) is 14.3 Å². The first-order valence-electron chi connectivity index (χ1n) is 9.34. The summed E-state index contributed by atoms with van der Waals surface area (Å²) < 4.78 is 18.9. The highest BCUT2D eigenvalue weighted by Gasteiger charge is 2.43. The third-order valence-electron chi connectivity index (χ3n) is 4.99. The molecule has 1 aliphatic heterocycles. The van der Waals surface area contributed by atoms with E-state index in [1.54, 1.807) is 23.9 Å². The number of carbonyl (C=O) groups is 2. The molecule has 27 heavy (non-hydrogen) atoms. The summed E-state index contributed by atoms with van der Waals surface area (Å²) >= 11 is 1.70. The zero-order chi connectivity index (χ0) is 19.4. The quantitative estimate of drug-likeness (QED) is 0.538. The van der Waals surface area contributed by atoms with Gasteiger partial charge in [0.2, 0.25) is 0 Å². The van der Waals surface area contributed by atoms with E-state index in [4.69, 9.17) is 4.74 Å². The number of benzene rings is 1. The lowest BCUT2D eigenvalue weighted by atomic mass is 9.72. The predicted octanol–water partition coefficient (Wildman–Crippen LogP) is 4.30. The molecule has 1 heterocycles. The van der Waals surface area contributed by atoms with Crippen LogP contribution < -0.4 is 0 Å². The van der Waals surface area contributed by atoms with Crippen molar-refractivity contribution in [1.29, 1.82) is 0 Å². The maximum absolute atomic E-state index is 13.4. The number of allylic oxidation sites excluding steroid dienone is 2. The molecule has 2 atom stereocenters. The van der Waals surface area contributed by atoms with Gasteiger partial charge in [-0.25, -0.2) is 4.39 Å². The van der Waals surface area contributed by atoms with Crippen LogP contribution in [0.25, 0.3) is 0 Å². The van der Waals surface area contributed by atoms with Gasteiger partial charge in [0.1, 0.15) is 18.3 Å². The average molecular weight is 389 g/mol. The second kappa shape index (κ2) is 8.83. The average Bonchev–Trinajstić information content (AvgIpc) is 2.65. The minimum atomic E-state index is -0.650. The fraction of sp³-hybridized carbons (Fsp3) is 0.476. The summed E-state index contributed by atoms with van der Waals surface area (Å²) in [5.74, 6) is -0.0998. The Morgan fingerprint density at radius 1 is 1.30 bits per heavy atom. The molecule has 0 spiro atoms. The highest BCUT2D eigenvalue weighted by atomic mass is 32.2. The fourth-order valence-electron chi connectivity index (χ4n) is 3.78. The Bertz CT molecular complexity index is 785. The summed E-state index contributed by atoms with van der Waals surface area (Å²) in [4.78, 5) is 30.2. The smallest absolute Gasteiger partial charge is 0.315 e. The summed E-state index contributed by atoms with van der Waals surface area (Å²) in [5, 5.41) is 0. The van der Waals surface area contributed by atoms with E-state index in [2.05, 4.69) is 11.9 Å². The molecule has 0 bridgehead atoms. The monoisotopic (exact) mass is 389 g/mol. The Hall–Kier alpha value is -1.95. The third-order valence-corrected chi connectivity index (χ3v) is 5.86. The van der Waals surface area contributed by atoms with E-state index in [1.807, 2.05) is 6.92 Å². The van der Waals surface area contributed by atoms with Gasteiger partial charge < -0.3 is 4.74 Å². The molecule has 144 valence electrons. The number of carbonyl (C=O) groups excluding carboxylic acids is 2. The lowest BCUT2D eigenvalue weighted by Gasteiger charge is -2.34. The molecule has 0 N–H and O–H groups in total. The van der Waals surface area contributed by atoms with Crippen molar-refractivity contribution in [3.8, 4) is 0 Å². The molecule has 1 unspecified atom stereocenters. The lowest BCUT2D eigenvalue weighted by molar-refractivity contribution is -0.145. The van der Waals surface area contributed by atoms with Gasteiger partial charge in [-0.2, -0.15) is 11.8 Å². The molecule has 4 nitrogen and oxygen atoms in total. The van der Waals surface area contributed by atoms with Crippen molar-refractivity contribution in [3.63, 3.8) is 0 Å². The number of hydrogen-bond donors (Lipinski definition) is 0. The van der Waals surface area contributed by atoms with Gasteiger partial charge in [-0.1, -0.05) is 19.1 Å². The van der Waals surface area contributed by atoms with Crippen LogP contribution in [0.2, 0.25) is 0 Å². The van der Waals surface area contributed by atoms with Crippen LogP contribution in [0.5, 0.6) is 0 Å². The van der Waals surface area contributed by atoms with Crippen molar-refractivity contribution >= 4 is 29.2 Å². The molecule has 0 aromatic heterocycles.